The van der Waals surface area contributed by atoms with Crippen molar-refractivity contribution in [1.29, 1.82) is 0 Å². The van der Waals surface area contributed by atoms with Gasteiger partial charge >= 0.3 is 0 Å². The first-order valence-electron chi connectivity index (χ1n) is 13.5. The van der Waals surface area contributed by atoms with E-state index in [0.29, 0.717) is 25.6 Å². The smallest absolute Gasteiger partial charge is 0.246 e. The van der Waals surface area contributed by atoms with Crippen LogP contribution in [0.15, 0.2) is 24.3 Å². The summed E-state index contributed by atoms with van der Waals surface area (Å²) in [5.41, 5.74) is 2.46. The molecule has 3 rings (SSSR count). The molecule has 1 saturated heterocycles. The maximum absolute atomic E-state index is 13.8. The fraction of sp³-hybridized carbons (Fsp3) is 0.679. The summed E-state index contributed by atoms with van der Waals surface area (Å²) in [6, 6.07) is 6.56. The van der Waals surface area contributed by atoms with Crippen LogP contribution in [0.25, 0.3) is 0 Å². The third kappa shape index (κ3) is 6.85. The Morgan fingerprint density at radius 1 is 1.06 bits per heavy atom. The summed E-state index contributed by atoms with van der Waals surface area (Å²) in [6.45, 7) is 12.5. The molecule has 1 aliphatic heterocycles. The molecule has 0 radical (unpaired) electrons. The minimum atomic E-state index is -0.685. The fourth-order valence-corrected chi connectivity index (χ4v) is 5.28. The third-order valence-electron chi connectivity index (χ3n) is 7.42. The van der Waals surface area contributed by atoms with Gasteiger partial charge in [0.2, 0.25) is 17.7 Å². The van der Waals surface area contributed by atoms with E-state index < -0.39 is 18.1 Å². The van der Waals surface area contributed by atoms with Crippen LogP contribution in [-0.4, -0.2) is 78.9 Å². The van der Waals surface area contributed by atoms with Gasteiger partial charge in [0, 0.05) is 26.2 Å². The second-order valence-corrected chi connectivity index (χ2v) is 11.1. The molecule has 0 aromatic heterocycles. The monoisotopic (exact) mass is 499 g/mol. The molecule has 0 spiro atoms. The number of fused-ring (bicyclic) bond motifs is 1. The van der Waals surface area contributed by atoms with E-state index in [1.807, 2.05) is 26.0 Å². The first kappa shape index (κ1) is 28.1. The number of benzene rings is 1. The highest BCUT2D eigenvalue weighted by atomic mass is 16.2. The summed E-state index contributed by atoms with van der Waals surface area (Å²) in [6.07, 6.45) is 2.95. The van der Waals surface area contributed by atoms with Gasteiger partial charge in [0.15, 0.2) is 0 Å². The highest BCUT2D eigenvalue weighted by Crippen LogP contribution is 2.30. The van der Waals surface area contributed by atoms with Crippen molar-refractivity contribution < 1.29 is 14.4 Å². The number of hydrogen-bond donors (Lipinski definition) is 3. The standard InChI is InChI=1S/C28H45N5O3/c1-18(2)16-32-14-15-33(28(36)25(19(3)4)31-26(34)20(5)29-6)24(17-32)27(35)30-23-13-9-11-21-10-7-8-12-22(21)23/h7-8,10,12,18-20,23-25,29H,9,11,13-17H2,1-6H3,(H,30,35)(H,31,34)/t20-,23+,24-,25-/m0/s1. The molecule has 4 atom stereocenters. The molecule has 36 heavy (non-hydrogen) atoms. The summed E-state index contributed by atoms with van der Waals surface area (Å²) in [4.78, 5) is 44.2. The van der Waals surface area contributed by atoms with Crippen LogP contribution in [0.5, 0.6) is 0 Å². The van der Waals surface area contributed by atoms with Crippen molar-refractivity contribution in [2.24, 2.45) is 11.8 Å². The Kier molecular flexibility index (Phi) is 9.91. The lowest BCUT2D eigenvalue weighted by molar-refractivity contribution is -0.148. The molecule has 3 amide bonds. The van der Waals surface area contributed by atoms with Crippen molar-refractivity contribution in [3.63, 3.8) is 0 Å². The molecule has 8 nitrogen and oxygen atoms in total. The number of aryl methyl sites for hydroxylation is 1. The van der Waals surface area contributed by atoms with Gasteiger partial charge in [-0.25, -0.2) is 0 Å². The first-order valence-corrected chi connectivity index (χ1v) is 13.5. The van der Waals surface area contributed by atoms with Crippen molar-refractivity contribution in [3.05, 3.63) is 35.4 Å². The zero-order valence-corrected chi connectivity index (χ0v) is 22.8. The minimum Gasteiger partial charge on any atom is -0.347 e. The van der Waals surface area contributed by atoms with Crippen molar-refractivity contribution in [3.8, 4) is 0 Å². The predicted molar refractivity (Wildman–Crippen MR) is 142 cm³/mol. The van der Waals surface area contributed by atoms with Gasteiger partial charge in [0.1, 0.15) is 12.1 Å². The number of hydrogen-bond acceptors (Lipinski definition) is 5. The van der Waals surface area contributed by atoms with Gasteiger partial charge in [-0.1, -0.05) is 52.0 Å². The van der Waals surface area contributed by atoms with Crippen molar-refractivity contribution in [1.82, 2.24) is 25.8 Å². The zero-order chi connectivity index (χ0) is 26.4. The molecule has 200 valence electrons. The normalized spacial score (nSPS) is 22.2. The van der Waals surface area contributed by atoms with E-state index >= 15 is 0 Å². The zero-order valence-electron chi connectivity index (χ0n) is 22.8. The molecule has 1 aromatic carbocycles. The van der Waals surface area contributed by atoms with Crippen molar-refractivity contribution in [2.75, 3.05) is 33.2 Å². The molecule has 1 fully saturated rings. The molecule has 0 bridgehead atoms. The number of rotatable bonds is 9. The molecule has 1 aromatic rings. The molecule has 1 heterocycles. The van der Waals surface area contributed by atoms with E-state index in [1.165, 1.54) is 11.1 Å². The Morgan fingerprint density at radius 2 is 1.78 bits per heavy atom. The van der Waals surface area contributed by atoms with Gasteiger partial charge in [0.05, 0.1) is 12.1 Å². The Morgan fingerprint density at radius 3 is 2.44 bits per heavy atom. The molecule has 1 aliphatic carbocycles. The maximum Gasteiger partial charge on any atom is 0.246 e. The summed E-state index contributed by atoms with van der Waals surface area (Å²) >= 11 is 0. The number of carbonyl (C=O) groups excluding carboxylic acids is 3. The second-order valence-electron chi connectivity index (χ2n) is 11.1. The quantitative estimate of drug-likeness (QED) is 0.484. The molecule has 3 N–H and O–H groups in total. The summed E-state index contributed by atoms with van der Waals surface area (Å²) in [5, 5.41) is 9.13. The van der Waals surface area contributed by atoms with Crippen LogP contribution >= 0.6 is 0 Å². The molecule has 0 saturated carbocycles. The third-order valence-corrected chi connectivity index (χ3v) is 7.42. The molecular weight excluding hydrogens is 454 g/mol. The van der Waals surface area contributed by atoms with Crippen LogP contribution in [-0.2, 0) is 20.8 Å². The van der Waals surface area contributed by atoms with E-state index in [1.54, 1.807) is 18.9 Å². The number of nitrogens with zero attached hydrogens (tertiary/aromatic N) is 2. The van der Waals surface area contributed by atoms with Crippen molar-refractivity contribution >= 4 is 17.7 Å². The SMILES string of the molecule is CN[C@@H](C)C(=O)N[C@H](C(=O)N1CCN(CC(C)C)C[C@H]1C(=O)N[C@@H]1CCCc2ccccc21)C(C)C. The fourth-order valence-electron chi connectivity index (χ4n) is 5.28. The van der Waals surface area contributed by atoms with E-state index in [2.05, 4.69) is 46.8 Å². The number of amides is 3. The Balaban J connectivity index is 1.82. The van der Waals surface area contributed by atoms with E-state index in [-0.39, 0.29) is 29.7 Å². The number of nitrogens with one attached hydrogen (secondary N) is 3. The topological polar surface area (TPSA) is 93.8 Å². The predicted octanol–water partition coefficient (Wildman–Crippen LogP) is 2.10. The lowest BCUT2D eigenvalue weighted by Crippen LogP contribution is -2.65. The highest BCUT2D eigenvalue weighted by Gasteiger charge is 2.40. The van der Waals surface area contributed by atoms with Crippen LogP contribution in [0.1, 0.15) is 64.6 Å². The van der Waals surface area contributed by atoms with E-state index in [4.69, 9.17) is 0 Å². The molecular formula is C28H45N5O3. The summed E-state index contributed by atoms with van der Waals surface area (Å²) in [5.74, 6) is -0.158. The summed E-state index contributed by atoms with van der Waals surface area (Å²) < 4.78 is 0. The number of likely N-dealkylation sites (N-methyl/N-ethyl adjacent to an activating group) is 1. The summed E-state index contributed by atoms with van der Waals surface area (Å²) in [7, 11) is 1.72. The van der Waals surface area contributed by atoms with Crippen LogP contribution in [0.4, 0.5) is 0 Å². The van der Waals surface area contributed by atoms with Gasteiger partial charge in [0.25, 0.3) is 0 Å². The van der Waals surface area contributed by atoms with Crippen LogP contribution in [0, 0.1) is 11.8 Å². The maximum atomic E-state index is 13.8. The highest BCUT2D eigenvalue weighted by molar-refractivity contribution is 5.93. The largest absolute Gasteiger partial charge is 0.347 e. The van der Waals surface area contributed by atoms with Crippen LogP contribution in [0.2, 0.25) is 0 Å². The van der Waals surface area contributed by atoms with Gasteiger partial charge in [-0.05, 0) is 56.2 Å². The Labute approximate surface area is 216 Å². The minimum absolute atomic E-state index is 0.0445. The first-order chi connectivity index (χ1) is 17.1. The average Bonchev–Trinajstić information content (AvgIpc) is 2.85. The van der Waals surface area contributed by atoms with Gasteiger partial charge in [-0.15, -0.1) is 0 Å². The second kappa shape index (κ2) is 12.7. The van der Waals surface area contributed by atoms with Crippen LogP contribution < -0.4 is 16.0 Å². The lowest BCUT2D eigenvalue weighted by Gasteiger charge is -2.43. The molecule has 2 aliphatic rings. The Hall–Kier alpha value is -2.45. The van der Waals surface area contributed by atoms with Crippen molar-refractivity contribution in [2.45, 2.75) is 78.0 Å². The van der Waals surface area contributed by atoms with Gasteiger partial charge in [-0.3, -0.25) is 19.3 Å². The van der Waals surface area contributed by atoms with Gasteiger partial charge in [-0.2, -0.15) is 0 Å². The number of carbonyl (C=O) groups is 3. The van der Waals surface area contributed by atoms with E-state index in [0.717, 1.165) is 25.8 Å². The van der Waals surface area contributed by atoms with Crippen LogP contribution in [0.3, 0.4) is 0 Å². The average molecular weight is 500 g/mol. The molecule has 8 heteroatoms. The Bertz CT molecular complexity index is 918. The lowest BCUT2D eigenvalue weighted by atomic mass is 9.87. The number of piperazine rings is 1. The van der Waals surface area contributed by atoms with E-state index in [9.17, 15) is 14.4 Å². The van der Waals surface area contributed by atoms with Gasteiger partial charge < -0.3 is 20.9 Å². The molecule has 0 unspecified atom stereocenters.